The first-order valence-electron chi connectivity index (χ1n) is 6.57. The molecule has 0 saturated carbocycles. The van der Waals surface area contributed by atoms with Crippen LogP contribution >= 0.6 is 0 Å². The van der Waals surface area contributed by atoms with E-state index in [1.165, 1.54) is 4.68 Å². The van der Waals surface area contributed by atoms with Crippen LogP contribution in [0.25, 0.3) is 0 Å². The number of carbonyl (C=O) groups is 1. The Kier molecular flexibility index (Phi) is 6.10. The van der Waals surface area contributed by atoms with Crippen molar-refractivity contribution in [2.45, 2.75) is 39.8 Å². The molecule has 0 atom stereocenters. The van der Waals surface area contributed by atoms with E-state index in [4.69, 9.17) is 4.74 Å². The Morgan fingerprint density at radius 1 is 1.60 bits per heavy atom. The molecule has 0 unspecified atom stereocenters. The Morgan fingerprint density at radius 2 is 2.30 bits per heavy atom. The first-order chi connectivity index (χ1) is 9.47. The largest absolute Gasteiger partial charge is 0.379 e. The number of nitrogens with zero attached hydrogens (tertiary/aromatic N) is 3. The van der Waals surface area contributed by atoms with Crippen LogP contribution in [0.15, 0.2) is 6.20 Å². The summed E-state index contributed by atoms with van der Waals surface area (Å²) >= 11 is 0. The van der Waals surface area contributed by atoms with E-state index in [2.05, 4.69) is 10.4 Å². The van der Waals surface area contributed by atoms with Gasteiger partial charge in [-0.05, 0) is 27.2 Å². The Bertz CT molecular complexity index is 470. The van der Waals surface area contributed by atoms with Gasteiger partial charge in [-0.1, -0.05) is 0 Å². The quantitative estimate of drug-likeness (QED) is 0.441. The number of nitrogens with one attached hydrogen (secondary N) is 1. The van der Waals surface area contributed by atoms with Gasteiger partial charge < -0.3 is 10.1 Å². The topological polar surface area (TPSA) is 99.3 Å². The average molecular weight is 284 g/mol. The number of nitro groups is 1. The van der Waals surface area contributed by atoms with E-state index in [1.807, 2.05) is 13.8 Å². The first-order valence-corrected chi connectivity index (χ1v) is 6.57. The third-order valence-corrected chi connectivity index (χ3v) is 2.59. The molecule has 0 radical (unpaired) electrons. The minimum Gasteiger partial charge on any atom is -0.379 e. The number of carbonyl (C=O) groups excluding carboxylic acids is 1. The average Bonchev–Trinajstić information content (AvgIpc) is 2.81. The number of amides is 1. The second kappa shape index (κ2) is 7.59. The molecular weight excluding hydrogens is 264 g/mol. The molecule has 0 aliphatic rings. The summed E-state index contributed by atoms with van der Waals surface area (Å²) in [4.78, 5) is 22.2. The molecule has 8 heteroatoms. The lowest BCUT2D eigenvalue weighted by atomic mass is 10.3. The minimum absolute atomic E-state index is 0.0118. The van der Waals surface area contributed by atoms with Crippen molar-refractivity contribution in [1.82, 2.24) is 15.1 Å². The maximum Gasteiger partial charge on any atom is 0.320 e. The summed E-state index contributed by atoms with van der Waals surface area (Å²) < 4.78 is 6.66. The second-order valence-corrected chi connectivity index (χ2v) is 4.48. The first kappa shape index (κ1) is 16.1. The predicted molar refractivity (Wildman–Crippen MR) is 72.6 cm³/mol. The zero-order valence-corrected chi connectivity index (χ0v) is 12.0. The SMILES string of the molecule is CCn1ncc([N+](=O)[O-])c1C(=O)NCCCOC(C)C. The Balaban J connectivity index is 2.58. The molecule has 0 bridgehead atoms. The molecule has 0 fully saturated rings. The summed E-state index contributed by atoms with van der Waals surface area (Å²) in [7, 11) is 0. The molecule has 0 aliphatic carbocycles. The molecule has 8 nitrogen and oxygen atoms in total. The maximum absolute atomic E-state index is 12.0. The van der Waals surface area contributed by atoms with E-state index in [9.17, 15) is 14.9 Å². The van der Waals surface area contributed by atoms with E-state index in [-0.39, 0.29) is 17.5 Å². The monoisotopic (exact) mass is 284 g/mol. The van der Waals surface area contributed by atoms with Gasteiger partial charge in [0.2, 0.25) is 5.69 Å². The molecule has 0 spiro atoms. The molecule has 0 saturated heterocycles. The summed E-state index contributed by atoms with van der Waals surface area (Å²) in [5.74, 6) is -0.486. The number of aromatic nitrogens is 2. The van der Waals surface area contributed by atoms with E-state index in [0.29, 0.717) is 26.1 Å². The normalized spacial score (nSPS) is 10.8. The van der Waals surface area contributed by atoms with E-state index in [0.717, 1.165) is 6.20 Å². The van der Waals surface area contributed by atoms with Crippen LogP contribution in [0, 0.1) is 10.1 Å². The number of rotatable bonds is 8. The third-order valence-electron chi connectivity index (χ3n) is 2.59. The Morgan fingerprint density at radius 3 is 2.85 bits per heavy atom. The highest BCUT2D eigenvalue weighted by atomic mass is 16.6. The zero-order chi connectivity index (χ0) is 15.1. The number of aryl methyl sites for hydroxylation is 1. The summed E-state index contributed by atoms with van der Waals surface area (Å²) in [6, 6.07) is 0. The lowest BCUT2D eigenvalue weighted by molar-refractivity contribution is -0.385. The fourth-order valence-corrected chi connectivity index (χ4v) is 1.66. The standard InChI is InChI=1S/C12H20N4O4/c1-4-15-11(10(8-14-15)16(18)19)12(17)13-6-5-7-20-9(2)3/h8-9H,4-7H2,1-3H3,(H,13,17). The number of hydrogen-bond donors (Lipinski definition) is 1. The van der Waals surface area contributed by atoms with E-state index >= 15 is 0 Å². The fourth-order valence-electron chi connectivity index (χ4n) is 1.66. The lowest BCUT2D eigenvalue weighted by Crippen LogP contribution is -2.28. The lowest BCUT2D eigenvalue weighted by Gasteiger charge is -2.08. The van der Waals surface area contributed by atoms with Gasteiger partial charge in [0.05, 0.1) is 11.0 Å². The summed E-state index contributed by atoms with van der Waals surface area (Å²) in [5.41, 5.74) is -0.287. The van der Waals surface area contributed by atoms with Gasteiger partial charge in [-0.25, -0.2) is 0 Å². The molecule has 1 rings (SSSR count). The van der Waals surface area contributed by atoms with Crippen LogP contribution in [-0.2, 0) is 11.3 Å². The third kappa shape index (κ3) is 4.30. The van der Waals surface area contributed by atoms with Crippen molar-refractivity contribution in [2.75, 3.05) is 13.2 Å². The molecular formula is C12H20N4O4. The van der Waals surface area contributed by atoms with Gasteiger partial charge in [0, 0.05) is 19.7 Å². The van der Waals surface area contributed by atoms with Gasteiger partial charge in [0.25, 0.3) is 5.91 Å². The van der Waals surface area contributed by atoms with Crippen molar-refractivity contribution < 1.29 is 14.5 Å². The van der Waals surface area contributed by atoms with Crippen molar-refractivity contribution in [3.8, 4) is 0 Å². The zero-order valence-electron chi connectivity index (χ0n) is 12.0. The molecule has 0 aromatic carbocycles. The van der Waals surface area contributed by atoms with Gasteiger partial charge in [0.1, 0.15) is 6.20 Å². The fraction of sp³-hybridized carbons (Fsp3) is 0.667. The molecule has 0 aliphatic heterocycles. The molecule has 1 N–H and O–H groups in total. The van der Waals surface area contributed by atoms with Crippen molar-refractivity contribution in [3.63, 3.8) is 0 Å². The molecule has 1 amide bonds. The highest BCUT2D eigenvalue weighted by Gasteiger charge is 2.25. The molecule has 1 aromatic heterocycles. The van der Waals surface area contributed by atoms with Crippen LogP contribution in [-0.4, -0.2) is 39.9 Å². The maximum atomic E-state index is 12.0. The van der Waals surface area contributed by atoms with Crippen molar-refractivity contribution in [3.05, 3.63) is 22.0 Å². The van der Waals surface area contributed by atoms with Crippen LogP contribution in [0.1, 0.15) is 37.7 Å². The summed E-state index contributed by atoms with van der Waals surface area (Å²) in [6.45, 7) is 6.96. The van der Waals surface area contributed by atoms with Crippen molar-refractivity contribution >= 4 is 11.6 Å². The smallest absolute Gasteiger partial charge is 0.320 e. The molecule has 112 valence electrons. The van der Waals surface area contributed by atoms with E-state index < -0.39 is 10.8 Å². The van der Waals surface area contributed by atoms with Gasteiger partial charge >= 0.3 is 5.69 Å². The van der Waals surface area contributed by atoms with Crippen LogP contribution in [0.5, 0.6) is 0 Å². The molecule has 1 heterocycles. The number of hydrogen-bond acceptors (Lipinski definition) is 5. The molecule has 1 aromatic rings. The van der Waals surface area contributed by atoms with Crippen LogP contribution in [0.2, 0.25) is 0 Å². The van der Waals surface area contributed by atoms with Crippen LogP contribution < -0.4 is 5.32 Å². The molecule has 20 heavy (non-hydrogen) atoms. The summed E-state index contributed by atoms with van der Waals surface area (Å²) in [6.07, 6.45) is 1.89. The Hall–Kier alpha value is -1.96. The van der Waals surface area contributed by atoms with Gasteiger partial charge in [-0.2, -0.15) is 5.10 Å². The highest BCUT2D eigenvalue weighted by molar-refractivity contribution is 5.96. The van der Waals surface area contributed by atoms with Crippen molar-refractivity contribution in [2.24, 2.45) is 0 Å². The minimum atomic E-state index is -0.601. The van der Waals surface area contributed by atoms with Crippen LogP contribution in [0.3, 0.4) is 0 Å². The van der Waals surface area contributed by atoms with E-state index in [1.54, 1.807) is 6.92 Å². The highest BCUT2D eigenvalue weighted by Crippen LogP contribution is 2.17. The Labute approximate surface area is 117 Å². The van der Waals surface area contributed by atoms with Gasteiger partial charge in [-0.15, -0.1) is 0 Å². The van der Waals surface area contributed by atoms with Crippen molar-refractivity contribution in [1.29, 1.82) is 0 Å². The van der Waals surface area contributed by atoms with Gasteiger partial charge in [0.15, 0.2) is 0 Å². The predicted octanol–water partition coefficient (Wildman–Crippen LogP) is 1.36. The second-order valence-electron chi connectivity index (χ2n) is 4.48. The van der Waals surface area contributed by atoms with Gasteiger partial charge in [-0.3, -0.25) is 19.6 Å². The number of ether oxygens (including phenoxy) is 1. The summed E-state index contributed by atoms with van der Waals surface area (Å²) in [5, 5.41) is 17.3. The van der Waals surface area contributed by atoms with Crippen LogP contribution in [0.4, 0.5) is 5.69 Å².